The van der Waals surface area contributed by atoms with E-state index < -0.39 is 0 Å². The Morgan fingerprint density at radius 1 is 1.16 bits per heavy atom. The summed E-state index contributed by atoms with van der Waals surface area (Å²) in [5, 5.41) is 14.2. The predicted molar refractivity (Wildman–Crippen MR) is 73.2 cm³/mol. The molecule has 6 heteroatoms. The molecule has 3 aromatic rings. The van der Waals surface area contributed by atoms with Gasteiger partial charge >= 0.3 is 0 Å². The van der Waals surface area contributed by atoms with Gasteiger partial charge in [-0.15, -0.1) is 0 Å². The van der Waals surface area contributed by atoms with Gasteiger partial charge in [0.25, 0.3) is 0 Å². The molecule has 0 atom stereocenters. The number of aromatic nitrogens is 3. The fourth-order valence-corrected chi connectivity index (χ4v) is 2.42. The second-order valence-electron chi connectivity index (χ2n) is 3.89. The minimum atomic E-state index is 0.426. The van der Waals surface area contributed by atoms with E-state index in [0.717, 1.165) is 11.3 Å². The fraction of sp³-hybridized carbons (Fsp3) is 0. The van der Waals surface area contributed by atoms with Gasteiger partial charge in [-0.3, -0.25) is 0 Å². The van der Waals surface area contributed by atoms with E-state index in [0.29, 0.717) is 21.3 Å². The molecule has 0 fully saturated rings. The van der Waals surface area contributed by atoms with Crippen molar-refractivity contribution in [3.05, 3.63) is 52.3 Å². The van der Waals surface area contributed by atoms with Crippen LogP contribution in [0.15, 0.2) is 36.7 Å². The fourth-order valence-electron chi connectivity index (χ4n) is 1.89. The topological polar surface area (TPSA) is 54.0 Å². The molecule has 2 aromatic heterocycles. The lowest BCUT2D eigenvalue weighted by Gasteiger charge is -2.05. The Bertz CT molecular complexity index is 797. The van der Waals surface area contributed by atoms with Gasteiger partial charge in [-0.25, -0.2) is 9.50 Å². The van der Waals surface area contributed by atoms with Gasteiger partial charge in [0.2, 0.25) is 0 Å². The van der Waals surface area contributed by atoms with Crippen LogP contribution in [0.5, 0.6) is 0 Å². The highest BCUT2D eigenvalue weighted by Crippen LogP contribution is 2.27. The first-order valence-electron chi connectivity index (χ1n) is 5.38. The number of halogens is 2. The molecule has 3 rings (SSSR count). The molecule has 0 spiro atoms. The smallest absolute Gasteiger partial charge is 0.173 e. The quantitative estimate of drug-likeness (QED) is 0.688. The molecule has 4 nitrogen and oxygen atoms in total. The maximum Gasteiger partial charge on any atom is 0.173 e. The number of hydrogen-bond donors (Lipinski definition) is 0. The van der Waals surface area contributed by atoms with E-state index in [4.69, 9.17) is 28.5 Å². The molecule has 0 bridgehead atoms. The van der Waals surface area contributed by atoms with Gasteiger partial charge < -0.3 is 0 Å². The molecular weight excluding hydrogens is 283 g/mol. The Hall–Kier alpha value is -2.09. The van der Waals surface area contributed by atoms with Crippen molar-refractivity contribution in [3.63, 3.8) is 0 Å². The van der Waals surface area contributed by atoms with Crippen molar-refractivity contribution in [1.29, 1.82) is 5.26 Å². The Labute approximate surface area is 118 Å². The molecule has 0 aliphatic heterocycles. The molecule has 0 saturated carbocycles. The highest BCUT2D eigenvalue weighted by Gasteiger charge is 2.10. The van der Waals surface area contributed by atoms with Gasteiger partial charge in [-0.2, -0.15) is 10.4 Å². The maximum absolute atomic E-state index is 8.99. The third kappa shape index (κ3) is 2.03. The lowest BCUT2D eigenvalue weighted by molar-refractivity contribution is 0.948. The summed E-state index contributed by atoms with van der Waals surface area (Å²) >= 11 is 12.0. The van der Waals surface area contributed by atoms with Crippen molar-refractivity contribution >= 4 is 28.8 Å². The molecule has 0 N–H and O–H groups in total. The Kier molecular flexibility index (Phi) is 2.86. The average molecular weight is 289 g/mol. The highest BCUT2D eigenvalue weighted by molar-refractivity contribution is 6.35. The predicted octanol–water partition coefficient (Wildman–Crippen LogP) is 3.57. The Balaban J connectivity index is 2.31. The molecule has 0 amide bonds. The molecule has 0 unspecified atom stereocenters. The van der Waals surface area contributed by atoms with Crippen LogP contribution < -0.4 is 0 Å². The van der Waals surface area contributed by atoms with Crippen LogP contribution in [0.3, 0.4) is 0 Å². The van der Waals surface area contributed by atoms with Crippen LogP contribution in [0, 0.1) is 11.3 Å². The SMILES string of the molecule is N#Cc1cnn2c(-c3cc(Cl)cc(Cl)c3)ccnc12. The third-order valence-electron chi connectivity index (χ3n) is 2.68. The van der Waals surface area contributed by atoms with Crippen LogP contribution in [0.25, 0.3) is 16.9 Å². The zero-order valence-electron chi connectivity index (χ0n) is 9.51. The summed E-state index contributed by atoms with van der Waals surface area (Å²) in [6.07, 6.45) is 3.11. The molecule has 0 saturated heterocycles. The van der Waals surface area contributed by atoms with E-state index in [1.165, 1.54) is 6.20 Å². The summed E-state index contributed by atoms with van der Waals surface area (Å²) in [5.74, 6) is 0. The minimum Gasteiger partial charge on any atom is -0.236 e. The number of rotatable bonds is 1. The van der Waals surface area contributed by atoms with Gasteiger partial charge in [-0.05, 0) is 24.3 Å². The third-order valence-corrected chi connectivity index (χ3v) is 3.12. The molecule has 0 aliphatic carbocycles. The van der Waals surface area contributed by atoms with Gasteiger partial charge in [0.15, 0.2) is 5.65 Å². The van der Waals surface area contributed by atoms with Crippen molar-refractivity contribution in [1.82, 2.24) is 14.6 Å². The normalized spacial score (nSPS) is 10.6. The van der Waals surface area contributed by atoms with Crippen molar-refractivity contribution in [2.24, 2.45) is 0 Å². The van der Waals surface area contributed by atoms with Crippen molar-refractivity contribution < 1.29 is 0 Å². The number of fused-ring (bicyclic) bond motifs is 1. The molecule has 92 valence electrons. The van der Waals surface area contributed by atoms with Crippen LogP contribution in [-0.4, -0.2) is 14.6 Å². The van der Waals surface area contributed by atoms with Crippen LogP contribution in [0.4, 0.5) is 0 Å². The van der Waals surface area contributed by atoms with E-state index in [1.807, 2.05) is 0 Å². The lowest BCUT2D eigenvalue weighted by Crippen LogP contribution is -1.95. The number of benzene rings is 1. The zero-order valence-corrected chi connectivity index (χ0v) is 11.0. The Morgan fingerprint density at radius 3 is 2.58 bits per heavy atom. The molecule has 0 radical (unpaired) electrons. The number of nitriles is 1. The lowest BCUT2D eigenvalue weighted by atomic mass is 10.1. The van der Waals surface area contributed by atoms with Crippen molar-refractivity contribution in [2.75, 3.05) is 0 Å². The second-order valence-corrected chi connectivity index (χ2v) is 4.77. The maximum atomic E-state index is 8.99. The summed E-state index contributed by atoms with van der Waals surface area (Å²) in [6, 6.07) is 9.09. The van der Waals surface area contributed by atoms with Crippen molar-refractivity contribution in [3.8, 4) is 17.3 Å². The summed E-state index contributed by atoms with van der Waals surface area (Å²) in [4.78, 5) is 4.16. The van der Waals surface area contributed by atoms with Crippen LogP contribution in [-0.2, 0) is 0 Å². The van der Waals surface area contributed by atoms with E-state index >= 15 is 0 Å². The molecule has 1 aromatic carbocycles. The van der Waals surface area contributed by atoms with E-state index in [-0.39, 0.29) is 0 Å². The minimum absolute atomic E-state index is 0.426. The van der Waals surface area contributed by atoms with Crippen molar-refractivity contribution in [2.45, 2.75) is 0 Å². The summed E-state index contributed by atoms with van der Waals surface area (Å²) in [7, 11) is 0. The van der Waals surface area contributed by atoms with Gasteiger partial charge in [0, 0.05) is 21.8 Å². The molecule has 2 heterocycles. The van der Waals surface area contributed by atoms with E-state index in [2.05, 4.69) is 16.2 Å². The summed E-state index contributed by atoms with van der Waals surface area (Å²) < 4.78 is 1.60. The van der Waals surface area contributed by atoms with Crippen LogP contribution in [0.1, 0.15) is 5.56 Å². The largest absolute Gasteiger partial charge is 0.236 e. The summed E-state index contributed by atoms with van der Waals surface area (Å²) in [5.41, 5.74) is 2.53. The summed E-state index contributed by atoms with van der Waals surface area (Å²) in [6.45, 7) is 0. The average Bonchev–Trinajstić information content (AvgIpc) is 2.80. The van der Waals surface area contributed by atoms with E-state index in [1.54, 1.807) is 35.0 Å². The number of hydrogen-bond acceptors (Lipinski definition) is 3. The molecular formula is C13H6Cl2N4. The van der Waals surface area contributed by atoms with Crippen LogP contribution in [0.2, 0.25) is 10.0 Å². The van der Waals surface area contributed by atoms with Crippen LogP contribution >= 0.6 is 23.2 Å². The first kappa shape index (κ1) is 12.0. The second kappa shape index (κ2) is 4.54. The molecule has 19 heavy (non-hydrogen) atoms. The first-order valence-corrected chi connectivity index (χ1v) is 6.14. The van der Waals surface area contributed by atoms with Gasteiger partial charge in [0.1, 0.15) is 11.6 Å². The standard InChI is InChI=1S/C13H6Cl2N4/c14-10-3-8(4-11(15)5-10)12-1-2-17-13-9(6-16)7-18-19(12)13/h1-5,7H. The number of nitrogens with zero attached hydrogens (tertiary/aromatic N) is 4. The molecule has 0 aliphatic rings. The van der Waals surface area contributed by atoms with Gasteiger partial charge in [-0.1, -0.05) is 23.2 Å². The monoisotopic (exact) mass is 288 g/mol. The van der Waals surface area contributed by atoms with Gasteiger partial charge in [0.05, 0.1) is 11.9 Å². The Morgan fingerprint density at radius 2 is 1.89 bits per heavy atom. The first-order chi connectivity index (χ1) is 9.19. The highest BCUT2D eigenvalue weighted by atomic mass is 35.5. The van der Waals surface area contributed by atoms with E-state index in [9.17, 15) is 0 Å². The zero-order chi connectivity index (χ0) is 13.4.